The number of carbonyl (C=O) groups is 1. The summed E-state index contributed by atoms with van der Waals surface area (Å²) < 4.78 is 26.1. The molecule has 2 N–H and O–H groups in total. The third-order valence-corrected chi connectivity index (χ3v) is 7.09. The second-order valence-electron chi connectivity index (χ2n) is 7.58. The fourth-order valence-corrected chi connectivity index (χ4v) is 4.49. The maximum Gasteiger partial charge on any atom is 0.242 e. The first-order valence-corrected chi connectivity index (χ1v) is 11.1. The molecular formula is C22H27N3O4S. The Balaban J connectivity index is 1.62. The Labute approximate surface area is 177 Å². The van der Waals surface area contributed by atoms with Gasteiger partial charge in [-0.1, -0.05) is 24.3 Å². The van der Waals surface area contributed by atoms with E-state index in [1.165, 1.54) is 25.7 Å². The molecule has 7 nitrogen and oxygen atoms in total. The number of amides is 1. The second kappa shape index (κ2) is 8.99. The molecule has 0 radical (unpaired) electrons. The van der Waals surface area contributed by atoms with Crippen LogP contribution in [0.2, 0.25) is 0 Å². The minimum absolute atomic E-state index is 0.185. The predicted molar refractivity (Wildman–Crippen MR) is 118 cm³/mol. The van der Waals surface area contributed by atoms with Crippen LogP contribution in [0.1, 0.15) is 17.5 Å². The van der Waals surface area contributed by atoms with Crippen molar-refractivity contribution in [3.05, 3.63) is 59.7 Å². The number of sulfonamides is 1. The summed E-state index contributed by atoms with van der Waals surface area (Å²) in [6, 6.07) is 12.0. The zero-order valence-corrected chi connectivity index (χ0v) is 18.2. The summed E-state index contributed by atoms with van der Waals surface area (Å²) in [6.07, 6.45) is 2.91. The smallest absolute Gasteiger partial charge is 0.242 e. The molecule has 2 aromatic carbocycles. The van der Waals surface area contributed by atoms with Crippen molar-refractivity contribution in [1.29, 1.82) is 0 Å². The summed E-state index contributed by atoms with van der Waals surface area (Å²) in [5, 5.41) is 12.2. The Bertz CT molecular complexity index is 1060. The van der Waals surface area contributed by atoms with Crippen LogP contribution >= 0.6 is 0 Å². The Morgan fingerprint density at radius 1 is 1.17 bits per heavy atom. The highest BCUT2D eigenvalue weighted by atomic mass is 32.2. The highest BCUT2D eigenvalue weighted by molar-refractivity contribution is 7.89. The number of rotatable bonds is 6. The molecule has 1 aliphatic rings. The van der Waals surface area contributed by atoms with Crippen molar-refractivity contribution in [3.63, 3.8) is 0 Å². The standard InChI is InChI=1S/C22H27N3O4S/c1-16-4-7-19(14-21(16)30(28,29)24(2)3)23-22(27)15-25-12-10-18(11-13-25)17-5-8-20(26)9-6-17/h4-10,14,26H,11-13,15H2,1-3H3,(H,23,27). The SMILES string of the molecule is Cc1ccc(NC(=O)CN2CC=C(c3ccc(O)cc3)CC2)cc1S(=O)(=O)N(C)C. The first kappa shape index (κ1) is 22.0. The lowest BCUT2D eigenvalue weighted by molar-refractivity contribution is -0.117. The minimum Gasteiger partial charge on any atom is -0.508 e. The number of aryl methyl sites for hydroxylation is 1. The van der Waals surface area contributed by atoms with E-state index in [2.05, 4.69) is 11.4 Å². The molecule has 0 aliphatic carbocycles. The van der Waals surface area contributed by atoms with Gasteiger partial charge >= 0.3 is 0 Å². The van der Waals surface area contributed by atoms with E-state index < -0.39 is 10.0 Å². The summed E-state index contributed by atoms with van der Waals surface area (Å²) in [7, 11) is -0.615. The maximum atomic E-state index is 12.5. The van der Waals surface area contributed by atoms with Gasteiger partial charge in [0.2, 0.25) is 15.9 Å². The molecule has 0 aromatic heterocycles. The molecule has 1 heterocycles. The number of benzene rings is 2. The fourth-order valence-electron chi connectivity index (χ4n) is 3.35. The molecule has 2 aromatic rings. The van der Waals surface area contributed by atoms with Gasteiger partial charge in [0.25, 0.3) is 0 Å². The quantitative estimate of drug-likeness (QED) is 0.737. The topological polar surface area (TPSA) is 90.0 Å². The normalized spacial score (nSPS) is 15.1. The van der Waals surface area contributed by atoms with Crippen molar-refractivity contribution in [2.75, 3.05) is 39.0 Å². The minimum atomic E-state index is -3.58. The maximum absolute atomic E-state index is 12.5. The van der Waals surface area contributed by atoms with Crippen molar-refractivity contribution in [3.8, 4) is 5.75 Å². The number of nitrogens with one attached hydrogen (secondary N) is 1. The lowest BCUT2D eigenvalue weighted by atomic mass is 9.99. The summed E-state index contributed by atoms with van der Waals surface area (Å²) in [4.78, 5) is 14.7. The van der Waals surface area contributed by atoms with Gasteiger partial charge in [-0.25, -0.2) is 12.7 Å². The van der Waals surface area contributed by atoms with Crippen LogP contribution < -0.4 is 5.32 Å². The van der Waals surface area contributed by atoms with Gasteiger partial charge in [0.05, 0.1) is 11.4 Å². The number of nitrogens with zero attached hydrogens (tertiary/aromatic N) is 2. The van der Waals surface area contributed by atoms with Gasteiger partial charge in [0.1, 0.15) is 5.75 Å². The Morgan fingerprint density at radius 3 is 2.47 bits per heavy atom. The van der Waals surface area contributed by atoms with Crippen molar-refractivity contribution in [2.24, 2.45) is 0 Å². The zero-order valence-electron chi connectivity index (χ0n) is 17.4. The number of phenols is 1. The van der Waals surface area contributed by atoms with Crippen LogP contribution in [0.4, 0.5) is 5.69 Å². The molecule has 0 saturated heterocycles. The van der Waals surface area contributed by atoms with Gasteiger partial charge in [-0.15, -0.1) is 0 Å². The third kappa shape index (κ3) is 5.08. The molecule has 0 unspecified atom stereocenters. The number of hydrogen-bond donors (Lipinski definition) is 2. The first-order valence-electron chi connectivity index (χ1n) is 9.70. The van der Waals surface area contributed by atoms with Crippen LogP contribution in [0.3, 0.4) is 0 Å². The van der Waals surface area contributed by atoms with Gasteiger partial charge in [-0.2, -0.15) is 0 Å². The Morgan fingerprint density at radius 2 is 1.87 bits per heavy atom. The summed E-state index contributed by atoms with van der Waals surface area (Å²) in [6.45, 7) is 3.35. The lowest BCUT2D eigenvalue weighted by Gasteiger charge is -2.26. The van der Waals surface area contributed by atoms with Gasteiger partial charge in [0.15, 0.2) is 0 Å². The molecule has 0 spiro atoms. The second-order valence-corrected chi connectivity index (χ2v) is 9.70. The Kier molecular flexibility index (Phi) is 6.60. The summed E-state index contributed by atoms with van der Waals surface area (Å²) in [5.41, 5.74) is 3.36. The van der Waals surface area contributed by atoms with Crippen LogP contribution in [-0.2, 0) is 14.8 Å². The average Bonchev–Trinajstić information content (AvgIpc) is 2.70. The lowest BCUT2D eigenvalue weighted by Crippen LogP contribution is -2.36. The van der Waals surface area contributed by atoms with Crippen molar-refractivity contribution in [2.45, 2.75) is 18.2 Å². The predicted octanol–water partition coefficient (Wildman–Crippen LogP) is 2.68. The highest BCUT2D eigenvalue weighted by Gasteiger charge is 2.21. The number of anilines is 1. The highest BCUT2D eigenvalue weighted by Crippen LogP contribution is 2.25. The van der Waals surface area contributed by atoms with Gasteiger partial charge in [-0.3, -0.25) is 9.69 Å². The van der Waals surface area contributed by atoms with E-state index in [9.17, 15) is 18.3 Å². The first-order chi connectivity index (χ1) is 14.2. The van der Waals surface area contributed by atoms with E-state index >= 15 is 0 Å². The molecule has 0 fully saturated rings. The van der Waals surface area contributed by atoms with Gasteiger partial charge in [-0.05, 0) is 54.3 Å². The third-order valence-electron chi connectivity index (χ3n) is 5.13. The molecule has 0 bridgehead atoms. The van der Waals surface area contributed by atoms with E-state index in [0.29, 0.717) is 17.8 Å². The molecule has 1 aliphatic heterocycles. The monoisotopic (exact) mass is 429 g/mol. The molecule has 0 saturated carbocycles. The molecule has 30 heavy (non-hydrogen) atoms. The van der Waals surface area contributed by atoms with Gasteiger partial charge < -0.3 is 10.4 Å². The fraction of sp³-hybridized carbons (Fsp3) is 0.318. The number of phenolic OH excluding ortho intramolecular Hbond substituents is 1. The molecule has 3 rings (SSSR count). The van der Waals surface area contributed by atoms with Crippen LogP contribution in [0.15, 0.2) is 53.4 Å². The van der Waals surface area contributed by atoms with Crippen LogP contribution in [0, 0.1) is 6.92 Å². The molecule has 8 heteroatoms. The molecule has 160 valence electrons. The van der Waals surface area contributed by atoms with Gasteiger partial charge in [0, 0.05) is 32.9 Å². The zero-order chi connectivity index (χ0) is 21.9. The summed E-state index contributed by atoms with van der Waals surface area (Å²) >= 11 is 0. The largest absolute Gasteiger partial charge is 0.508 e. The van der Waals surface area contributed by atoms with E-state index in [-0.39, 0.29) is 23.1 Å². The van der Waals surface area contributed by atoms with Crippen LogP contribution in [0.5, 0.6) is 5.75 Å². The van der Waals surface area contributed by atoms with Crippen molar-refractivity contribution < 1.29 is 18.3 Å². The van der Waals surface area contributed by atoms with E-state index in [4.69, 9.17) is 0 Å². The molecule has 0 atom stereocenters. The molecular weight excluding hydrogens is 402 g/mol. The Hall–Kier alpha value is -2.68. The van der Waals surface area contributed by atoms with Crippen molar-refractivity contribution in [1.82, 2.24) is 9.21 Å². The van der Waals surface area contributed by atoms with E-state index in [0.717, 1.165) is 22.8 Å². The molecule has 1 amide bonds. The van der Waals surface area contributed by atoms with Crippen LogP contribution in [-0.4, -0.2) is 62.4 Å². The van der Waals surface area contributed by atoms with Crippen molar-refractivity contribution >= 4 is 27.2 Å². The van der Waals surface area contributed by atoms with E-state index in [1.807, 2.05) is 17.0 Å². The van der Waals surface area contributed by atoms with Crippen LogP contribution in [0.25, 0.3) is 5.57 Å². The average molecular weight is 430 g/mol. The number of aromatic hydroxyl groups is 1. The number of hydrogen-bond acceptors (Lipinski definition) is 5. The van der Waals surface area contributed by atoms with E-state index in [1.54, 1.807) is 31.2 Å². The number of carbonyl (C=O) groups excluding carboxylic acids is 1. The summed E-state index contributed by atoms with van der Waals surface area (Å²) in [5.74, 6) is 0.0552.